The standard InChI is InChI=1S/C22H20F3N3O4S/c1-15-13-17-3-2-4-19(20(17)26-14-15)33(30,31)28-11-9-27(10-12-28)21(29)16-5-7-18(8-6-16)32-22(23,24)25/h2-8,13-14H,9-12H2,1H3. The Labute approximate surface area is 188 Å². The second-order valence-electron chi connectivity index (χ2n) is 7.61. The van der Waals surface area contributed by atoms with Crippen LogP contribution in [0.4, 0.5) is 13.2 Å². The molecule has 0 spiro atoms. The first-order valence-corrected chi connectivity index (χ1v) is 11.5. The van der Waals surface area contributed by atoms with Crippen LogP contribution in [0.3, 0.4) is 0 Å². The second kappa shape index (κ2) is 8.64. The molecule has 11 heteroatoms. The number of ether oxygens (including phenoxy) is 1. The van der Waals surface area contributed by atoms with E-state index >= 15 is 0 Å². The molecule has 0 N–H and O–H groups in total. The minimum Gasteiger partial charge on any atom is -0.406 e. The maximum absolute atomic E-state index is 13.3. The molecule has 0 saturated carbocycles. The first-order valence-electron chi connectivity index (χ1n) is 10.1. The summed E-state index contributed by atoms with van der Waals surface area (Å²) in [5.74, 6) is -0.818. The third-order valence-electron chi connectivity index (χ3n) is 5.29. The third kappa shape index (κ3) is 4.93. The molecule has 1 aromatic heterocycles. The molecule has 1 aliphatic rings. The lowest BCUT2D eigenvalue weighted by molar-refractivity contribution is -0.274. The zero-order valence-electron chi connectivity index (χ0n) is 17.5. The molecule has 0 aliphatic carbocycles. The Hall–Kier alpha value is -3.18. The van der Waals surface area contributed by atoms with Crippen molar-refractivity contribution < 1.29 is 31.1 Å². The largest absolute Gasteiger partial charge is 0.573 e. The molecule has 0 unspecified atom stereocenters. The van der Waals surface area contributed by atoms with Crippen LogP contribution < -0.4 is 4.74 Å². The number of fused-ring (bicyclic) bond motifs is 1. The summed E-state index contributed by atoms with van der Waals surface area (Å²) in [5.41, 5.74) is 1.50. The number of nitrogens with zero attached hydrogens (tertiary/aromatic N) is 3. The van der Waals surface area contributed by atoms with Crippen LogP contribution in [-0.2, 0) is 10.0 Å². The molecule has 1 amide bonds. The van der Waals surface area contributed by atoms with Gasteiger partial charge in [-0.1, -0.05) is 12.1 Å². The smallest absolute Gasteiger partial charge is 0.406 e. The van der Waals surface area contributed by atoms with E-state index in [4.69, 9.17) is 0 Å². The highest BCUT2D eigenvalue weighted by atomic mass is 32.2. The molecule has 4 rings (SSSR count). The Morgan fingerprint density at radius 1 is 1.03 bits per heavy atom. The number of pyridine rings is 1. The molecule has 174 valence electrons. The van der Waals surface area contributed by atoms with E-state index < -0.39 is 28.0 Å². The Bertz CT molecular complexity index is 1290. The van der Waals surface area contributed by atoms with E-state index in [9.17, 15) is 26.4 Å². The molecule has 0 atom stereocenters. The number of aryl methyl sites for hydroxylation is 1. The molecular weight excluding hydrogens is 459 g/mol. The molecule has 1 aliphatic heterocycles. The van der Waals surface area contributed by atoms with Crippen molar-refractivity contribution in [2.45, 2.75) is 18.2 Å². The average molecular weight is 479 g/mol. The Balaban J connectivity index is 1.46. The number of piperazine rings is 1. The first-order chi connectivity index (χ1) is 15.5. The number of alkyl halides is 3. The fourth-order valence-corrected chi connectivity index (χ4v) is 5.29. The third-order valence-corrected chi connectivity index (χ3v) is 7.22. The molecule has 0 bridgehead atoms. The molecule has 2 aromatic carbocycles. The van der Waals surface area contributed by atoms with Crippen molar-refractivity contribution in [1.82, 2.24) is 14.2 Å². The van der Waals surface area contributed by atoms with Gasteiger partial charge in [-0.2, -0.15) is 4.31 Å². The molecule has 1 fully saturated rings. The SMILES string of the molecule is Cc1cnc2c(S(=O)(=O)N3CCN(C(=O)c4ccc(OC(F)(F)F)cc4)CC3)cccc2c1. The van der Waals surface area contributed by atoms with Crippen molar-refractivity contribution in [1.29, 1.82) is 0 Å². The van der Waals surface area contributed by atoms with Gasteiger partial charge >= 0.3 is 6.36 Å². The van der Waals surface area contributed by atoms with Gasteiger partial charge in [0.15, 0.2) is 0 Å². The summed E-state index contributed by atoms with van der Waals surface area (Å²) in [5, 5.41) is 0.725. The van der Waals surface area contributed by atoms with E-state index in [2.05, 4.69) is 9.72 Å². The fraction of sp³-hybridized carbons (Fsp3) is 0.273. The van der Waals surface area contributed by atoms with Gasteiger partial charge in [-0.15, -0.1) is 13.2 Å². The number of hydrogen-bond acceptors (Lipinski definition) is 5. The van der Waals surface area contributed by atoms with Crippen LogP contribution in [0.5, 0.6) is 5.75 Å². The Morgan fingerprint density at radius 2 is 1.70 bits per heavy atom. The van der Waals surface area contributed by atoms with Gasteiger partial charge in [-0.3, -0.25) is 9.78 Å². The molecule has 33 heavy (non-hydrogen) atoms. The van der Waals surface area contributed by atoms with Crippen molar-refractivity contribution >= 4 is 26.8 Å². The molecule has 0 radical (unpaired) electrons. The highest BCUT2D eigenvalue weighted by Crippen LogP contribution is 2.26. The zero-order valence-corrected chi connectivity index (χ0v) is 18.4. The predicted molar refractivity (Wildman–Crippen MR) is 114 cm³/mol. The summed E-state index contributed by atoms with van der Waals surface area (Å²) in [7, 11) is -3.83. The summed E-state index contributed by atoms with van der Waals surface area (Å²) in [6.07, 6.45) is -3.20. The van der Waals surface area contributed by atoms with Crippen LogP contribution in [0.1, 0.15) is 15.9 Å². The Morgan fingerprint density at radius 3 is 2.33 bits per heavy atom. The first kappa shape index (κ1) is 23.0. The van der Waals surface area contributed by atoms with Gasteiger partial charge in [0.05, 0.1) is 5.52 Å². The van der Waals surface area contributed by atoms with Crippen molar-refractivity contribution in [3.05, 3.63) is 65.9 Å². The topological polar surface area (TPSA) is 79.8 Å². The van der Waals surface area contributed by atoms with E-state index in [1.165, 1.54) is 27.4 Å². The number of halogens is 3. The van der Waals surface area contributed by atoms with Crippen molar-refractivity contribution in [2.75, 3.05) is 26.2 Å². The number of rotatable bonds is 4. The quantitative estimate of drug-likeness (QED) is 0.572. The maximum Gasteiger partial charge on any atom is 0.573 e. The lowest BCUT2D eigenvalue weighted by Crippen LogP contribution is -2.50. The predicted octanol–water partition coefficient (Wildman–Crippen LogP) is 3.59. The van der Waals surface area contributed by atoms with Crippen LogP contribution >= 0.6 is 0 Å². The van der Waals surface area contributed by atoms with E-state index in [-0.39, 0.29) is 36.6 Å². The van der Waals surface area contributed by atoms with Gasteiger partial charge in [0.1, 0.15) is 10.6 Å². The van der Waals surface area contributed by atoms with E-state index in [1.54, 1.807) is 18.3 Å². The maximum atomic E-state index is 13.3. The summed E-state index contributed by atoms with van der Waals surface area (Å²) in [6, 6.07) is 11.5. The highest BCUT2D eigenvalue weighted by molar-refractivity contribution is 7.89. The van der Waals surface area contributed by atoms with Gasteiger partial charge in [-0.05, 0) is 48.9 Å². The number of hydrogen-bond donors (Lipinski definition) is 0. The zero-order chi connectivity index (χ0) is 23.8. The summed E-state index contributed by atoms with van der Waals surface area (Å²) in [4.78, 5) is 18.6. The van der Waals surface area contributed by atoms with Crippen LogP contribution in [0.2, 0.25) is 0 Å². The van der Waals surface area contributed by atoms with Crippen LogP contribution in [-0.4, -0.2) is 61.1 Å². The van der Waals surface area contributed by atoms with Gasteiger partial charge in [0.2, 0.25) is 10.0 Å². The number of sulfonamides is 1. The molecule has 7 nitrogen and oxygen atoms in total. The van der Waals surface area contributed by atoms with Crippen LogP contribution in [0, 0.1) is 6.92 Å². The lowest BCUT2D eigenvalue weighted by Gasteiger charge is -2.34. The van der Waals surface area contributed by atoms with Gasteiger partial charge in [0.25, 0.3) is 5.91 Å². The van der Waals surface area contributed by atoms with Crippen molar-refractivity contribution in [3.8, 4) is 5.75 Å². The van der Waals surface area contributed by atoms with Gasteiger partial charge < -0.3 is 9.64 Å². The van der Waals surface area contributed by atoms with E-state index in [1.807, 2.05) is 13.0 Å². The van der Waals surface area contributed by atoms with Crippen LogP contribution in [0.15, 0.2) is 59.6 Å². The number of aromatic nitrogens is 1. The Kier molecular flexibility index (Phi) is 6.02. The van der Waals surface area contributed by atoms with Crippen molar-refractivity contribution in [2.24, 2.45) is 0 Å². The number of para-hydroxylation sites is 1. The van der Waals surface area contributed by atoms with Crippen molar-refractivity contribution in [3.63, 3.8) is 0 Å². The summed E-state index contributed by atoms with van der Waals surface area (Å²) >= 11 is 0. The minimum absolute atomic E-state index is 0.0889. The van der Waals surface area contributed by atoms with Gasteiger partial charge in [0, 0.05) is 43.3 Å². The number of carbonyl (C=O) groups excluding carboxylic acids is 1. The number of benzene rings is 2. The molecule has 3 aromatic rings. The lowest BCUT2D eigenvalue weighted by atomic mass is 10.2. The summed E-state index contributed by atoms with van der Waals surface area (Å²) in [6.45, 7) is 2.35. The van der Waals surface area contributed by atoms with Gasteiger partial charge in [-0.25, -0.2) is 8.42 Å². The average Bonchev–Trinajstić information content (AvgIpc) is 2.77. The summed E-state index contributed by atoms with van der Waals surface area (Å²) < 4.78 is 68.5. The van der Waals surface area contributed by atoms with Crippen LogP contribution in [0.25, 0.3) is 10.9 Å². The van der Waals surface area contributed by atoms with E-state index in [0.29, 0.717) is 5.52 Å². The van der Waals surface area contributed by atoms with E-state index in [0.717, 1.165) is 23.1 Å². The highest BCUT2D eigenvalue weighted by Gasteiger charge is 2.33. The number of carbonyl (C=O) groups is 1. The monoisotopic (exact) mass is 479 g/mol. The number of amides is 1. The second-order valence-corrected chi connectivity index (χ2v) is 9.52. The normalized spacial score (nSPS) is 15.6. The fourth-order valence-electron chi connectivity index (χ4n) is 3.70. The minimum atomic E-state index is -4.81. The molecular formula is C22H20F3N3O4S. The molecule has 1 saturated heterocycles. The molecule has 2 heterocycles.